The van der Waals surface area contributed by atoms with E-state index in [9.17, 15) is 9.59 Å². The molecule has 0 fully saturated rings. The van der Waals surface area contributed by atoms with E-state index in [0.717, 1.165) is 11.9 Å². The third-order valence-corrected chi connectivity index (χ3v) is 1.93. The van der Waals surface area contributed by atoms with Gasteiger partial charge in [-0.25, -0.2) is 0 Å². The number of rotatable bonds is 2. The Balaban J connectivity index is 2.94. The fourth-order valence-electron chi connectivity index (χ4n) is 1.22. The number of aldehydes is 1. The average molecular weight is 164 g/mol. The molecule has 1 rings (SSSR count). The standard InChI is InChI=1S/C10H12O2/c1-7(2)9-5-8(6-11)3-4-10(9)12/h3,5-7H,4H2,1-2H3. The molecule has 0 aromatic rings. The van der Waals surface area contributed by atoms with Crippen molar-refractivity contribution in [2.45, 2.75) is 20.3 Å². The molecule has 2 nitrogen and oxygen atoms in total. The van der Waals surface area contributed by atoms with E-state index in [1.807, 2.05) is 13.8 Å². The number of ketones is 1. The second-order valence-corrected chi connectivity index (χ2v) is 3.20. The summed E-state index contributed by atoms with van der Waals surface area (Å²) in [6.07, 6.45) is 4.51. The lowest BCUT2D eigenvalue weighted by Crippen LogP contribution is -2.11. The van der Waals surface area contributed by atoms with Gasteiger partial charge in [-0.2, -0.15) is 0 Å². The predicted molar refractivity (Wildman–Crippen MR) is 46.7 cm³/mol. The molecule has 0 heterocycles. The molecule has 0 aromatic carbocycles. The molecular formula is C10H12O2. The molecule has 12 heavy (non-hydrogen) atoms. The second-order valence-electron chi connectivity index (χ2n) is 3.20. The van der Waals surface area contributed by atoms with Gasteiger partial charge in [-0.05, 0) is 17.6 Å². The molecule has 0 atom stereocenters. The molecule has 0 spiro atoms. The van der Waals surface area contributed by atoms with E-state index in [1.165, 1.54) is 0 Å². The van der Waals surface area contributed by atoms with Gasteiger partial charge in [-0.3, -0.25) is 9.59 Å². The van der Waals surface area contributed by atoms with Gasteiger partial charge in [0.05, 0.1) is 0 Å². The van der Waals surface area contributed by atoms with Crippen LogP contribution < -0.4 is 0 Å². The first-order valence-electron chi connectivity index (χ1n) is 4.05. The Morgan fingerprint density at radius 3 is 2.67 bits per heavy atom. The lowest BCUT2D eigenvalue weighted by Gasteiger charge is -2.12. The summed E-state index contributed by atoms with van der Waals surface area (Å²) in [5.74, 6) is 0.344. The van der Waals surface area contributed by atoms with Gasteiger partial charge in [0.15, 0.2) is 5.78 Å². The zero-order valence-corrected chi connectivity index (χ0v) is 7.33. The van der Waals surface area contributed by atoms with Crippen molar-refractivity contribution in [2.75, 3.05) is 0 Å². The highest BCUT2D eigenvalue weighted by molar-refractivity contribution is 6.01. The highest BCUT2D eigenvalue weighted by Gasteiger charge is 2.16. The van der Waals surface area contributed by atoms with Crippen molar-refractivity contribution < 1.29 is 9.59 Å². The van der Waals surface area contributed by atoms with Crippen LogP contribution in [0.2, 0.25) is 0 Å². The number of allylic oxidation sites excluding steroid dienone is 4. The molecule has 0 saturated heterocycles. The van der Waals surface area contributed by atoms with E-state index in [2.05, 4.69) is 0 Å². The minimum Gasteiger partial charge on any atom is -0.298 e. The van der Waals surface area contributed by atoms with Crippen LogP contribution in [-0.4, -0.2) is 12.1 Å². The molecule has 0 aromatic heterocycles. The molecule has 0 unspecified atom stereocenters. The van der Waals surface area contributed by atoms with Crippen molar-refractivity contribution in [3.63, 3.8) is 0 Å². The Bertz CT molecular complexity index is 270. The van der Waals surface area contributed by atoms with Gasteiger partial charge < -0.3 is 0 Å². The maximum absolute atomic E-state index is 11.3. The average Bonchev–Trinajstić information content (AvgIpc) is 2.05. The summed E-state index contributed by atoms with van der Waals surface area (Å²) in [4.78, 5) is 21.7. The molecule has 64 valence electrons. The fraction of sp³-hybridized carbons (Fsp3) is 0.400. The summed E-state index contributed by atoms with van der Waals surface area (Å²) in [5.41, 5.74) is 1.39. The zero-order valence-electron chi connectivity index (χ0n) is 7.33. The van der Waals surface area contributed by atoms with E-state index < -0.39 is 0 Å². The van der Waals surface area contributed by atoms with E-state index in [0.29, 0.717) is 12.0 Å². The maximum Gasteiger partial charge on any atom is 0.162 e. The Labute approximate surface area is 72.0 Å². The maximum atomic E-state index is 11.3. The third kappa shape index (κ3) is 1.70. The Morgan fingerprint density at radius 1 is 1.50 bits per heavy atom. The SMILES string of the molecule is CC(C)C1=CC(C=O)=CCC1=O. The second kappa shape index (κ2) is 3.48. The normalized spacial score (nSPS) is 17.4. The molecule has 1 aliphatic carbocycles. The van der Waals surface area contributed by atoms with Crippen molar-refractivity contribution in [1.29, 1.82) is 0 Å². The number of carbonyl (C=O) groups is 2. The quantitative estimate of drug-likeness (QED) is 0.582. The number of hydrogen-bond donors (Lipinski definition) is 0. The van der Waals surface area contributed by atoms with Crippen LogP contribution in [0, 0.1) is 5.92 Å². The Kier molecular flexibility index (Phi) is 2.58. The van der Waals surface area contributed by atoms with Crippen LogP contribution in [0.15, 0.2) is 23.3 Å². The molecule has 0 bridgehead atoms. The highest BCUT2D eigenvalue weighted by Crippen LogP contribution is 2.19. The zero-order chi connectivity index (χ0) is 9.14. The van der Waals surface area contributed by atoms with Crippen LogP contribution in [-0.2, 0) is 9.59 Å². The number of Topliss-reactive ketones (excluding diaryl/α,β-unsaturated/α-hetero) is 1. The monoisotopic (exact) mass is 164 g/mol. The van der Waals surface area contributed by atoms with E-state index in [-0.39, 0.29) is 11.7 Å². The van der Waals surface area contributed by atoms with E-state index >= 15 is 0 Å². The lowest BCUT2D eigenvalue weighted by molar-refractivity contribution is -0.115. The van der Waals surface area contributed by atoms with Crippen LogP contribution in [0.4, 0.5) is 0 Å². The molecule has 0 aliphatic heterocycles. The largest absolute Gasteiger partial charge is 0.298 e. The van der Waals surface area contributed by atoms with Crippen molar-refractivity contribution in [3.05, 3.63) is 23.3 Å². The molecule has 0 saturated carbocycles. The van der Waals surface area contributed by atoms with Gasteiger partial charge >= 0.3 is 0 Å². The van der Waals surface area contributed by atoms with Crippen molar-refractivity contribution in [2.24, 2.45) is 5.92 Å². The lowest BCUT2D eigenvalue weighted by atomic mass is 9.91. The topological polar surface area (TPSA) is 34.1 Å². The van der Waals surface area contributed by atoms with Crippen LogP contribution in [0.1, 0.15) is 20.3 Å². The fourth-order valence-corrected chi connectivity index (χ4v) is 1.22. The van der Waals surface area contributed by atoms with Crippen molar-refractivity contribution in [3.8, 4) is 0 Å². The van der Waals surface area contributed by atoms with E-state index in [1.54, 1.807) is 12.2 Å². The minimum atomic E-state index is 0.135. The van der Waals surface area contributed by atoms with Gasteiger partial charge in [0.2, 0.25) is 0 Å². The summed E-state index contributed by atoms with van der Waals surface area (Å²) in [6.45, 7) is 3.91. The van der Waals surface area contributed by atoms with Gasteiger partial charge in [-0.15, -0.1) is 0 Å². The van der Waals surface area contributed by atoms with Crippen LogP contribution in [0.3, 0.4) is 0 Å². The number of hydrogen-bond acceptors (Lipinski definition) is 2. The molecule has 1 aliphatic rings. The van der Waals surface area contributed by atoms with Gasteiger partial charge in [-0.1, -0.05) is 19.9 Å². The summed E-state index contributed by atoms with van der Waals surface area (Å²) in [6, 6.07) is 0. The third-order valence-electron chi connectivity index (χ3n) is 1.93. The summed E-state index contributed by atoms with van der Waals surface area (Å²) < 4.78 is 0. The van der Waals surface area contributed by atoms with Crippen molar-refractivity contribution >= 4 is 12.1 Å². The van der Waals surface area contributed by atoms with Crippen LogP contribution in [0.25, 0.3) is 0 Å². The van der Waals surface area contributed by atoms with Gasteiger partial charge in [0.1, 0.15) is 6.29 Å². The molecular weight excluding hydrogens is 152 g/mol. The van der Waals surface area contributed by atoms with Crippen LogP contribution in [0.5, 0.6) is 0 Å². The first-order chi connectivity index (χ1) is 5.65. The highest BCUT2D eigenvalue weighted by atomic mass is 16.1. The first kappa shape index (κ1) is 8.91. The summed E-state index contributed by atoms with van der Waals surface area (Å²) in [7, 11) is 0. The molecule has 0 N–H and O–H groups in total. The van der Waals surface area contributed by atoms with Gasteiger partial charge in [0.25, 0.3) is 0 Å². The smallest absolute Gasteiger partial charge is 0.162 e. The Morgan fingerprint density at radius 2 is 2.17 bits per heavy atom. The predicted octanol–water partition coefficient (Wildman–Crippen LogP) is 1.67. The molecule has 2 heteroatoms. The van der Waals surface area contributed by atoms with Gasteiger partial charge in [0, 0.05) is 12.0 Å². The van der Waals surface area contributed by atoms with E-state index in [4.69, 9.17) is 0 Å². The minimum absolute atomic E-state index is 0.135. The van der Waals surface area contributed by atoms with Crippen LogP contribution >= 0.6 is 0 Å². The summed E-state index contributed by atoms with van der Waals surface area (Å²) >= 11 is 0. The number of carbonyl (C=O) groups excluding carboxylic acids is 2. The van der Waals surface area contributed by atoms with Crippen molar-refractivity contribution in [1.82, 2.24) is 0 Å². The molecule has 0 amide bonds. The summed E-state index contributed by atoms with van der Waals surface area (Å²) in [5, 5.41) is 0. The Hall–Kier alpha value is -1.18. The molecule has 0 radical (unpaired) electrons. The first-order valence-corrected chi connectivity index (χ1v) is 4.05.